The van der Waals surface area contributed by atoms with Crippen LogP contribution in [0.3, 0.4) is 0 Å². The topological polar surface area (TPSA) is 64.3 Å². The lowest BCUT2D eigenvalue weighted by atomic mass is 10.2. The third-order valence-electron chi connectivity index (χ3n) is 4.25. The van der Waals surface area contributed by atoms with Crippen LogP contribution in [-0.4, -0.2) is 12.5 Å². The number of hydrogen-bond acceptors (Lipinski definition) is 4. The van der Waals surface area contributed by atoms with E-state index >= 15 is 0 Å². The van der Waals surface area contributed by atoms with Gasteiger partial charge in [-0.2, -0.15) is 0 Å². The molecule has 0 aliphatic heterocycles. The molecular weight excluding hydrogens is 368 g/mol. The molecule has 144 valence electrons. The van der Waals surface area contributed by atoms with Crippen LogP contribution >= 0.6 is 11.8 Å². The Morgan fingerprint density at radius 3 is 2.50 bits per heavy atom. The number of carbonyl (C=O) groups is 1. The van der Waals surface area contributed by atoms with Crippen LogP contribution in [-0.2, 0) is 11.3 Å². The van der Waals surface area contributed by atoms with E-state index in [1.54, 1.807) is 11.8 Å². The van der Waals surface area contributed by atoms with Crippen molar-refractivity contribution >= 4 is 23.4 Å². The SMILES string of the molecule is Cc1ccc(Sc2ccc(CN)cc2NC(=O)COc2ccccc2C)cc1. The molecular formula is C23H24N2O2S. The molecule has 28 heavy (non-hydrogen) atoms. The lowest BCUT2D eigenvalue weighted by Crippen LogP contribution is -2.21. The van der Waals surface area contributed by atoms with Crippen molar-refractivity contribution in [2.45, 2.75) is 30.2 Å². The molecule has 0 saturated heterocycles. The molecule has 5 heteroatoms. The van der Waals surface area contributed by atoms with Gasteiger partial charge in [-0.05, 0) is 55.3 Å². The summed E-state index contributed by atoms with van der Waals surface area (Å²) in [6, 6.07) is 21.8. The maximum Gasteiger partial charge on any atom is 0.262 e. The largest absolute Gasteiger partial charge is 0.483 e. The number of anilines is 1. The molecule has 0 aromatic heterocycles. The van der Waals surface area contributed by atoms with Gasteiger partial charge >= 0.3 is 0 Å². The van der Waals surface area contributed by atoms with Crippen LogP contribution in [0.2, 0.25) is 0 Å². The van der Waals surface area contributed by atoms with Crippen molar-refractivity contribution in [1.29, 1.82) is 0 Å². The first kappa shape index (κ1) is 20.0. The van der Waals surface area contributed by atoms with Gasteiger partial charge in [-0.25, -0.2) is 0 Å². The van der Waals surface area contributed by atoms with Crippen molar-refractivity contribution in [1.82, 2.24) is 0 Å². The zero-order valence-electron chi connectivity index (χ0n) is 16.1. The van der Waals surface area contributed by atoms with E-state index in [2.05, 4.69) is 36.5 Å². The van der Waals surface area contributed by atoms with Gasteiger partial charge in [-0.15, -0.1) is 0 Å². The van der Waals surface area contributed by atoms with E-state index in [9.17, 15) is 4.79 Å². The van der Waals surface area contributed by atoms with Gasteiger partial charge < -0.3 is 15.8 Å². The van der Waals surface area contributed by atoms with Gasteiger partial charge in [0, 0.05) is 16.3 Å². The zero-order chi connectivity index (χ0) is 19.9. The second kappa shape index (κ2) is 9.44. The Morgan fingerprint density at radius 1 is 1.04 bits per heavy atom. The second-order valence-corrected chi connectivity index (χ2v) is 7.67. The van der Waals surface area contributed by atoms with Crippen LogP contribution in [0, 0.1) is 13.8 Å². The molecule has 0 saturated carbocycles. The molecule has 0 atom stereocenters. The lowest BCUT2D eigenvalue weighted by Gasteiger charge is -2.14. The number of nitrogens with two attached hydrogens (primary N) is 1. The number of para-hydroxylation sites is 1. The van der Waals surface area contributed by atoms with E-state index in [-0.39, 0.29) is 12.5 Å². The maximum absolute atomic E-state index is 12.5. The number of rotatable bonds is 7. The molecule has 0 aliphatic carbocycles. The summed E-state index contributed by atoms with van der Waals surface area (Å²) in [5.74, 6) is 0.505. The van der Waals surface area contributed by atoms with Crippen molar-refractivity contribution in [3.05, 3.63) is 83.4 Å². The van der Waals surface area contributed by atoms with Gasteiger partial charge in [-0.3, -0.25) is 4.79 Å². The number of benzene rings is 3. The van der Waals surface area contributed by atoms with Gasteiger partial charge in [0.05, 0.1) is 5.69 Å². The number of aryl methyl sites for hydroxylation is 2. The van der Waals surface area contributed by atoms with Crippen molar-refractivity contribution in [3.8, 4) is 5.75 Å². The van der Waals surface area contributed by atoms with E-state index < -0.39 is 0 Å². The predicted octanol–water partition coefficient (Wildman–Crippen LogP) is 4.93. The minimum atomic E-state index is -0.205. The fraction of sp³-hybridized carbons (Fsp3) is 0.174. The van der Waals surface area contributed by atoms with Crippen molar-refractivity contribution in [2.75, 3.05) is 11.9 Å². The summed E-state index contributed by atoms with van der Waals surface area (Å²) in [4.78, 5) is 14.5. The zero-order valence-corrected chi connectivity index (χ0v) is 16.9. The highest BCUT2D eigenvalue weighted by Gasteiger charge is 2.11. The summed E-state index contributed by atoms with van der Waals surface area (Å²) >= 11 is 1.60. The Hall–Kier alpha value is -2.76. The molecule has 1 amide bonds. The van der Waals surface area contributed by atoms with E-state index in [4.69, 9.17) is 10.5 Å². The third kappa shape index (κ3) is 5.38. The number of ether oxygens (including phenoxy) is 1. The van der Waals surface area contributed by atoms with Crippen LogP contribution in [0.4, 0.5) is 5.69 Å². The molecule has 0 unspecified atom stereocenters. The highest BCUT2D eigenvalue weighted by Crippen LogP contribution is 2.34. The van der Waals surface area contributed by atoms with E-state index in [0.29, 0.717) is 12.3 Å². The Morgan fingerprint density at radius 2 is 1.79 bits per heavy atom. The number of nitrogens with one attached hydrogen (secondary N) is 1. The molecule has 0 heterocycles. The monoisotopic (exact) mass is 392 g/mol. The van der Waals surface area contributed by atoms with Gasteiger partial charge in [0.15, 0.2) is 6.61 Å². The van der Waals surface area contributed by atoms with Crippen LogP contribution in [0.25, 0.3) is 0 Å². The fourth-order valence-electron chi connectivity index (χ4n) is 2.67. The van der Waals surface area contributed by atoms with Gasteiger partial charge in [-0.1, -0.05) is 53.7 Å². The van der Waals surface area contributed by atoms with E-state index in [1.807, 2.05) is 49.4 Å². The Kier molecular flexibility index (Phi) is 6.74. The van der Waals surface area contributed by atoms with Crippen LogP contribution in [0.5, 0.6) is 5.75 Å². The highest BCUT2D eigenvalue weighted by molar-refractivity contribution is 7.99. The summed E-state index contributed by atoms with van der Waals surface area (Å²) in [6.45, 7) is 4.38. The number of carbonyl (C=O) groups excluding carboxylic acids is 1. The van der Waals surface area contributed by atoms with Gasteiger partial charge in [0.2, 0.25) is 0 Å². The van der Waals surface area contributed by atoms with Crippen LogP contribution in [0.15, 0.2) is 76.5 Å². The summed E-state index contributed by atoms with van der Waals surface area (Å²) < 4.78 is 5.66. The normalized spacial score (nSPS) is 10.5. The molecule has 3 aromatic rings. The summed E-state index contributed by atoms with van der Waals surface area (Å²) in [6.07, 6.45) is 0. The van der Waals surface area contributed by atoms with E-state index in [1.165, 1.54) is 5.56 Å². The minimum Gasteiger partial charge on any atom is -0.483 e. The van der Waals surface area contributed by atoms with Gasteiger partial charge in [0.1, 0.15) is 5.75 Å². The first-order valence-electron chi connectivity index (χ1n) is 9.11. The smallest absolute Gasteiger partial charge is 0.262 e. The average molecular weight is 393 g/mol. The van der Waals surface area contributed by atoms with Crippen LogP contribution in [0.1, 0.15) is 16.7 Å². The van der Waals surface area contributed by atoms with E-state index in [0.717, 1.165) is 26.6 Å². The van der Waals surface area contributed by atoms with Gasteiger partial charge in [0.25, 0.3) is 5.91 Å². The van der Waals surface area contributed by atoms with Crippen molar-refractivity contribution < 1.29 is 9.53 Å². The number of hydrogen-bond donors (Lipinski definition) is 2. The molecule has 4 nitrogen and oxygen atoms in total. The first-order valence-corrected chi connectivity index (χ1v) is 9.92. The molecule has 0 fully saturated rings. The maximum atomic E-state index is 12.5. The Bertz CT molecular complexity index is 955. The fourth-order valence-corrected chi connectivity index (χ4v) is 3.55. The molecule has 0 spiro atoms. The minimum absolute atomic E-state index is 0.0493. The summed E-state index contributed by atoms with van der Waals surface area (Å²) in [5.41, 5.74) is 9.69. The highest BCUT2D eigenvalue weighted by atomic mass is 32.2. The summed E-state index contributed by atoms with van der Waals surface area (Å²) in [5, 5.41) is 2.97. The Labute approximate surface area is 170 Å². The Balaban J connectivity index is 1.72. The lowest BCUT2D eigenvalue weighted by molar-refractivity contribution is -0.118. The predicted molar refractivity (Wildman–Crippen MR) is 115 cm³/mol. The first-order chi connectivity index (χ1) is 13.5. The molecule has 3 rings (SSSR count). The molecule has 0 radical (unpaired) electrons. The third-order valence-corrected chi connectivity index (χ3v) is 5.34. The average Bonchev–Trinajstić information content (AvgIpc) is 2.70. The number of amides is 1. The molecule has 0 aliphatic rings. The van der Waals surface area contributed by atoms with Crippen molar-refractivity contribution in [2.24, 2.45) is 5.73 Å². The van der Waals surface area contributed by atoms with Crippen LogP contribution < -0.4 is 15.8 Å². The quantitative estimate of drug-likeness (QED) is 0.598. The summed E-state index contributed by atoms with van der Waals surface area (Å²) in [7, 11) is 0. The standard InChI is InChI=1S/C23H24N2O2S/c1-16-7-10-19(11-8-16)28-22-12-9-18(14-24)13-20(22)25-23(26)15-27-21-6-4-3-5-17(21)2/h3-13H,14-15,24H2,1-2H3,(H,25,26). The molecule has 3 N–H and O–H groups in total. The molecule has 0 bridgehead atoms. The molecule has 3 aromatic carbocycles. The second-order valence-electron chi connectivity index (χ2n) is 6.55. The van der Waals surface area contributed by atoms with Crippen molar-refractivity contribution in [3.63, 3.8) is 0 Å².